The van der Waals surface area contributed by atoms with E-state index in [1.54, 1.807) is 18.6 Å². The van der Waals surface area contributed by atoms with E-state index >= 15 is 0 Å². The van der Waals surface area contributed by atoms with Gasteiger partial charge in [0, 0.05) is 12.4 Å². The quantitative estimate of drug-likeness (QED) is 0.840. The molecule has 1 fully saturated rings. The molecule has 2 aromatic heterocycles. The molecular formula is C13H17N5O. The van der Waals surface area contributed by atoms with Gasteiger partial charge in [-0.3, -0.25) is 9.88 Å². The lowest BCUT2D eigenvalue weighted by Crippen LogP contribution is -2.33. The molecule has 0 radical (unpaired) electrons. The number of piperidine rings is 1. The molecule has 0 aromatic carbocycles. The van der Waals surface area contributed by atoms with Crippen LogP contribution in [0.1, 0.15) is 38.1 Å². The molecule has 0 bridgehead atoms. The fourth-order valence-corrected chi connectivity index (χ4v) is 2.54. The summed E-state index contributed by atoms with van der Waals surface area (Å²) in [5.74, 6) is 1.21. The predicted molar refractivity (Wildman–Crippen MR) is 69.2 cm³/mol. The summed E-state index contributed by atoms with van der Waals surface area (Å²) in [7, 11) is 0. The minimum absolute atomic E-state index is 0.247. The number of nitrogens with zero attached hydrogens (tertiary/aromatic N) is 5. The molecule has 3 rings (SSSR count). The van der Waals surface area contributed by atoms with Crippen LogP contribution >= 0.6 is 0 Å². The van der Waals surface area contributed by atoms with Crippen molar-refractivity contribution >= 4 is 0 Å². The third-order valence-corrected chi connectivity index (χ3v) is 3.54. The van der Waals surface area contributed by atoms with Crippen LogP contribution in [0, 0.1) is 0 Å². The lowest BCUT2D eigenvalue weighted by Gasteiger charge is -2.32. The molecule has 0 N–H and O–H groups in total. The van der Waals surface area contributed by atoms with Gasteiger partial charge in [-0.1, -0.05) is 18.5 Å². The first-order chi connectivity index (χ1) is 9.38. The Morgan fingerprint density at radius 1 is 1.37 bits per heavy atom. The Kier molecular flexibility index (Phi) is 3.50. The summed E-state index contributed by atoms with van der Waals surface area (Å²) in [5, 5.41) is 4.02. The van der Waals surface area contributed by atoms with Gasteiger partial charge in [0.15, 0.2) is 0 Å². The molecule has 19 heavy (non-hydrogen) atoms. The average Bonchev–Trinajstić information content (AvgIpc) is 2.98. The van der Waals surface area contributed by atoms with Crippen molar-refractivity contribution in [2.75, 3.05) is 13.1 Å². The van der Waals surface area contributed by atoms with Crippen LogP contribution in [0.2, 0.25) is 0 Å². The van der Waals surface area contributed by atoms with E-state index in [1.807, 2.05) is 0 Å². The van der Waals surface area contributed by atoms with Crippen molar-refractivity contribution in [2.24, 2.45) is 0 Å². The first kappa shape index (κ1) is 12.2. The molecule has 0 unspecified atom stereocenters. The van der Waals surface area contributed by atoms with E-state index in [0.29, 0.717) is 17.4 Å². The van der Waals surface area contributed by atoms with Gasteiger partial charge in [0.05, 0.1) is 12.2 Å². The van der Waals surface area contributed by atoms with Gasteiger partial charge in [0.1, 0.15) is 5.69 Å². The molecule has 1 aliphatic heterocycles. The first-order valence-corrected chi connectivity index (χ1v) is 6.72. The van der Waals surface area contributed by atoms with E-state index in [4.69, 9.17) is 4.52 Å². The molecule has 100 valence electrons. The third kappa shape index (κ3) is 2.49. The first-order valence-electron chi connectivity index (χ1n) is 6.72. The van der Waals surface area contributed by atoms with Crippen LogP contribution in [0.5, 0.6) is 0 Å². The Morgan fingerprint density at radius 2 is 2.32 bits per heavy atom. The van der Waals surface area contributed by atoms with Crippen molar-refractivity contribution in [3.8, 4) is 11.5 Å². The van der Waals surface area contributed by atoms with Crippen molar-refractivity contribution in [3.63, 3.8) is 0 Å². The molecule has 1 saturated heterocycles. The SMILES string of the molecule is CCN1CCCC[C@H]1c1nc(-c2cnccn2)no1. The van der Waals surface area contributed by atoms with Crippen LogP contribution in [0.15, 0.2) is 23.1 Å². The lowest BCUT2D eigenvalue weighted by atomic mass is 10.0. The van der Waals surface area contributed by atoms with E-state index in [9.17, 15) is 0 Å². The monoisotopic (exact) mass is 259 g/mol. The smallest absolute Gasteiger partial charge is 0.244 e. The predicted octanol–water partition coefficient (Wildman–Crippen LogP) is 2.07. The molecule has 0 aliphatic carbocycles. The van der Waals surface area contributed by atoms with E-state index in [-0.39, 0.29) is 6.04 Å². The lowest BCUT2D eigenvalue weighted by molar-refractivity contribution is 0.125. The Hall–Kier alpha value is -1.82. The van der Waals surface area contributed by atoms with Crippen molar-refractivity contribution in [1.29, 1.82) is 0 Å². The highest BCUT2D eigenvalue weighted by molar-refractivity contribution is 5.45. The van der Waals surface area contributed by atoms with Gasteiger partial charge in [-0.25, -0.2) is 4.98 Å². The molecule has 0 spiro atoms. The second-order valence-corrected chi connectivity index (χ2v) is 4.69. The van der Waals surface area contributed by atoms with Gasteiger partial charge in [-0.05, 0) is 25.9 Å². The van der Waals surface area contributed by atoms with Gasteiger partial charge in [-0.2, -0.15) is 4.98 Å². The molecular weight excluding hydrogens is 242 g/mol. The van der Waals surface area contributed by atoms with Crippen molar-refractivity contribution in [1.82, 2.24) is 25.0 Å². The van der Waals surface area contributed by atoms with Crippen molar-refractivity contribution < 1.29 is 4.52 Å². The standard InChI is InChI=1S/C13H17N5O/c1-2-18-8-4-3-5-11(18)13-16-12(17-19-13)10-9-14-6-7-15-10/h6-7,9,11H,2-5,8H2,1H3/t11-/m0/s1. The molecule has 1 atom stereocenters. The fourth-order valence-electron chi connectivity index (χ4n) is 2.54. The minimum Gasteiger partial charge on any atom is -0.337 e. The molecule has 1 aliphatic rings. The maximum Gasteiger partial charge on any atom is 0.244 e. The van der Waals surface area contributed by atoms with Gasteiger partial charge < -0.3 is 4.52 Å². The zero-order valence-electron chi connectivity index (χ0n) is 11.0. The molecule has 0 amide bonds. The summed E-state index contributed by atoms with van der Waals surface area (Å²) >= 11 is 0. The zero-order valence-corrected chi connectivity index (χ0v) is 11.0. The molecule has 6 heteroatoms. The summed E-state index contributed by atoms with van der Waals surface area (Å²) < 4.78 is 5.42. The second-order valence-electron chi connectivity index (χ2n) is 4.69. The van der Waals surface area contributed by atoms with Gasteiger partial charge in [0.2, 0.25) is 11.7 Å². The maximum atomic E-state index is 5.42. The van der Waals surface area contributed by atoms with E-state index in [0.717, 1.165) is 19.5 Å². The number of hydrogen-bond donors (Lipinski definition) is 0. The Balaban J connectivity index is 1.84. The highest BCUT2D eigenvalue weighted by Gasteiger charge is 2.27. The minimum atomic E-state index is 0.247. The second kappa shape index (κ2) is 5.44. The van der Waals surface area contributed by atoms with Gasteiger partial charge in [-0.15, -0.1) is 0 Å². The summed E-state index contributed by atoms with van der Waals surface area (Å²) in [6, 6.07) is 0.247. The van der Waals surface area contributed by atoms with Crippen LogP contribution in [0.25, 0.3) is 11.5 Å². The largest absolute Gasteiger partial charge is 0.337 e. The fraction of sp³-hybridized carbons (Fsp3) is 0.538. The van der Waals surface area contributed by atoms with Gasteiger partial charge >= 0.3 is 0 Å². The average molecular weight is 259 g/mol. The summed E-state index contributed by atoms with van der Waals surface area (Å²) in [4.78, 5) is 15.1. The molecule has 0 saturated carbocycles. The summed E-state index contributed by atoms with van der Waals surface area (Å²) in [6.45, 7) is 4.27. The van der Waals surface area contributed by atoms with E-state index in [2.05, 4.69) is 31.9 Å². The normalized spacial score (nSPS) is 20.6. The van der Waals surface area contributed by atoms with Crippen LogP contribution in [-0.2, 0) is 0 Å². The molecule has 6 nitrogen and oxygen atoms in total. The van der Waals surface area contributed by atoms with Crippen LogP contribution in [0.3, 0.4) is 0 Å². The number of rotatable bonds is 3. The van der Waals surface area contributed by atoms with Gasteiger partial charge in [0.25, 0.3) is 0 Å². The Morgan fingerprint density at radius 3 is 3.11 bits per heavy atom. The van der Waals surface area contributed by atoms with Crippen LogP contribution < -0.4 is 0 Å². The molecule has 3 heterocycles. The summed E-state index contributed by atoms with van der Waals surface area (Å²) in [5.41, 5.74) is 0.649. The highest BCUT2D eigenvalue weighted by atomic mass is 16.5. The van der Waals surface area contributed by atoms with Crippen molar-refractivity contribution in [2.45, 2.75) is 32.2 Å². The Bertz CT molecular complexity index is 527. The van der Waals surface area contributed by atoms with E-state index in [1.165, 1.54) is 12.8 Å². The maximum absolute atomic E-state index is 5.42. The number of hydrogen-bond acceptors (Lipinski definition) is 6. The van der Waals surface area contributed by atoms with E-state index < -0.39 is 0 Å². The van der Waals surface area contributed by atoms with Crippen molar-refractivity contribution in [3.05, 3.63) is 24.5 Å². The number of aromatic nitrogens is 4. The van der Waals surface area contributed by atoms with Crippen LogP contribution in [0.4, 0.5) is 0 Å². The third-order valence-electron chi connectivity index (χ3n) is 3.54. The number of likely N-dealkylation sites (tertiary alicyclic amines) is 1. The highest BCUT2D eigenvalue weighted by Crippen LogP contribution is 2.30. The zero-order chi connectivity index (χ0) is 13.1. The summed E-state index contributed by atoms with van der Waals surface area (Å²) in [6.07, 6.45) is 8.44. The molecule has 2 aromatic rings. The topological polar surface area (TPSA) is 67.9 Å². The van der Waals surface area contributed by atoms with Crippen LogP contribution in [-0.4, -0.2) is 38.1 Å². The Labute approximate surface area is 111 Å².